The number of carbonyl (C=O) groups excluding carboxylic acids is 1. The summed E-state index contributed by atoms with van der Waals surface area (Å²) in [5.41, 5.74) is 4.04. The molecule has 0 aliphatic carbocycles. The quantitative estimate of drug-likeness (QED) is 0.846. The van der Waals surface area contributed by atoms with E-state index in [1.54, 1.807) is 0 Å². The number of hydrogen-bond donors (Lipinski definition) is 2. The van der Waals surface area contributed by atoms with E-state index in [1.807, 2.05) is 67.3 Å². The summed E-state index contributed by atoms with van der Waals surface area (Å²) in [6.45, 7) is 5.95. The summed E-state index contributed by atoms with van der Waals surface area (Å²) in [4.78, 5) is 15.0. The molecule has 134 valence electrons. The van der Waals surface area contributed by atoms with Gasteiger partial charge in [0.2, 0.25) is 0 Å². The highest BCUT2D eigenvalue weighted by Crippen LogP contribution is 2.25. The smallest absolute Gasteiger partial charge is 0.317 e. The fraction of sp³-hybridized carbons (Fsp3) is 0.350. The second kappa shape index (κ2) is 8.88. The van der Waals surface area contributed by atoms with Gasteiger partial charge >= 0.3 is 6.03 Å². The molecule has 0 radical (unpaired) electrons. The second-order valence-electron chi connectivity index (χ2n) is 6.38. The summed E-state index contributed by atoms with van der Waals surface area (Å²) in [5.74, 6) is 0. The normalized spacial score (nSPS) is 14.5. The maximum Gasteiger partial charge on any atom is 0.326 e. The minimum Gasteiger partial charge on any atom is -0.317 e. The molecule has 0 spiro atoms. The van der Waals surface area contributed by atoms with Gasteiger partial charge in [0.1, 0.15) is 0 Å². The van der Waals surface area contributed by atoms with Crippen LogP contribution in [-0.2, 0) is 0 Å². The van der Waals surface area contributed by atoms with Crippen LogP contribution in [0.25, 0.3) is 0 Å². The van der Waals surface area contributed by atoms with E-state index < -0.39 is 0 Å². The molecule has 1 fully saturated rings. The monoisotopic (exact) mass is 359 g/mol. The molecule has 2 aromatic carbocycles. The average Bonchev–Trinajstić information content (AvgIpc) is 2.60. The number of halogens is 1. The molecule has 4 nitrogen and oxygen atoms in total. The molecule has 2 aromatic rings. The third kappa shape index (κ3) is 4.53. The molecule has 5 heteroatoms. The SMILES string of the molecule is Cc1cccc(C)c1NC(=O)N(c1ccccc1)C1CCNCC1.Cl. The van der Waals surface area contributed by atoms with E-state index in [0.717, 1.165) is 48.4 Å². The summed E-state index contributed by atoms with van der Waals surface area (Å²) in [6, 6.07) is 16.2. The first kappa shape index (κ1) is 19.3. The van der Waals surface area contributed by atoms with Crippen LogP contribution >= 0.6 is 12.4 Å². The lowest BCUT2D eigenvalue weighted by molar-refractivity contribution is 0.252. The molecular formula is C20H26ClN3O. The number of nitrogens with one attached hydrogen (secondary N) is 2. The van der Waals surface area contributed by atoms with E-state index in [2.05, 4.69) is 10.6 Å². The van der Waals surface area contributed by atoms with Crippen molar-refractivity contribution in [2.45, 2.75) is 32.7 Å². The van der Waals surface area contributed by atoms with E-state index in [4.69, 9.17) is 0 Å². The van der Waals surface area contributed by atoms with E-state index in [0.29, 0.717) is 0 Å². The van der Waals surface area contributed by atoms with Gasteiger partial charge in [-0.2, -0.15) is 0 Å². The first-order chi connectivity index (χ1) is 11.7. The molecule has 1 aliphatic rings. The van der Waals surface area contributed by atoms with Crippen LogP contribution in [0.2, 0.25) is 0 Å². The van der Waals surface area contributed by atoms with E-state index in [1.165, 1.54) is 0 Å². The van der Waals surface area contributed by atoms with E-state index in [9.17, 15) is 4.79 Å². The van der Waals surface area contributed by atoms with Crippen LogP contribution in [0.3, 0.4) is 0 Å². The van der Waals surface area contributed by atoms with Crippen molar-refractivity contribution >= 4 is 29.8 Å². The van der Waals surface area contributed by atoms with Crippen LogP contribution < -0.4 is 15.5 Å². The first-order valence-corrected chi connectivity index (χ1v) is 8.59. The maximum absolute atomic E-state index is 13.1. The Hall–Kier alpha value is -2.04. The lowest BCUT2D eigenvalue weighted by Gasteiger charge is -2.35. The van der Waals surface area contributed by atoms with Crippen molar-refractivity contribution in [2.75, 3.05) is 23.3 Å². The number of aryl methyl sites for hydroxylation is 2. The van der Waals surface area contributed by atoms with Gasteiger partial charge in [-0.05, 0) is 63.0 Å². The van der Waals surface area contributed by atoms with Gasteiger partial charge in [-0.1, -0.05) is 36.4 Å². The van der Waals surface area contributed by atoms with Crippen molar-refractivity contribution in [3.8, 4) is 0 Å². The van der Waals surface area contributed by atoms with Gasteiger partial charge in [0, 0.05) is 17.4 Å². The van der Waals surface area contributed by atoms with Gasteiger partial charge in [0.15, 0.2) is 0 Å². The van der Waals surface area contributed by atoms with Crippen LogP contribution in [0.5, 0.6) is 0 Å². The third-order valence-corrected chi connectivity index (χ3v) is 4.64. The molecule has 0 aromatic heterocycles. The highest BCUT2D eigenvalue weighted by atomic mass is 35.5. The topological polar surface area (TPSA) is 44.4 Å². The minimum absolute atomic E-state index is 0. The Labute approximate surface area is 156 Å². The number of urea groups is 1. The number of amides is 2. The fourth-order valence-corrected chi connectivity index (χ4v) is 3.33. The average molecular weight is 360 g/mol. The minimum atomic E-state index is -0.0505. The second-order valence-corrected chi connectivity index (χ2v) is 6.38. The van der Waals surface area contributed by atoms with Crippen LogP contribution in [0, 0.1) is 13.8 Å². The fourth-order valence-electron chi connectivity index (χ4n) is 3.33. The predicted octanol–water partition coefficient (Wildman–Crippen LogP) is 4.52. The van der Waals surface area contributed by atoms with Crippen molar-refractivity contribution < 1.29 is 4.79 Å². The highest BCUT2D eigenvalue weighted by molar-refractivity contribution is 6.03. The molecule has 1 heterocycles. The van der Waals surface area contributed by atoms with Crippen molar-refractivity contribution in [1.82, 2.24) is 5.32 Å². The third-order valence-electron chi connectivity index (χ3n) is 4.64. The Morgan fingerprint density at radius 2 is 1.60 bits per heavy atom. The van der Waals surface area contributed by atoms with Crippen LogP contribution in [0.4, 0.5) is 16.2 Å². The summed E-state index contributed by atoms with van der Waals surface area (Å²) >= 11 is 0. The van der Waals surface area contributed by atoms with Crippen LogP contribution in [0.1, 0.15) is 24.0 Å². The molecule has 0 atom stereocenters. The van der Waals surface area contributed by atoms with Crippen molar-refractivity contribution in [1.29, 1.82) is 0 Å². The van der Waals surface area contributed by atoms with E-state index >= 15 is 0 Å². The zero-order valence-electron chi connectivity index (χ0n) is 14.8. The molecule has 0 bridgehead atoms. The Kier molecular flexibility index (Phi) is 6.85. The number of carbonyl (C=O) groups is 1. The lowest BCUT2D eigenvalue weighted by atomic mass is 10.0. The van der Waals surface area contributed by atoms with Crippen molar-refractivity contribution in [2.24, 2.45) is 0 Å². The molecule has 1 saturated heterocycles. The van der Waals surface area contributed by atoms with Crippen LogP contribution in [-0.4, -0.2) is 25.2 Å². The number of para-hydroxylation sites is 2. The summed E-state index contributed by atoms with van der Waals surface area (Å²) in [6.07, 6.45) is 1.93. The van der Waals surface area contributed by atoms with Crippen LogP contribution in [0.15, 0.2) is 48.5 Å². The number of piperidine rings is 1. The van der Waals surface area contributed by atoms with Gasteiger partial charge < -0.3 is 10.6 Å². The highest BCUT2D eigenvalue weighted by Gasteiger charge is 2.27. The van der Waals surface area contributed by atoms with Crippen molar-refractivity contribution in [3.05, 3.63) is 59.7 Å². The summed E-state index contributed by atoms with van der Waals surface area (Å²) < 4.78 is 0. The molecule has 0 saturated carbocycles. The molecule has 3 rings (SSSR count). The first-order valence-electron chi connectivity index (χ1n) is 8.59. The Bertz CT molecular complexity index is 679. The van der Waals surface area contributed by atoms with E-state index in [-0.39, 0.29) is 24.5 Å². The Morgan fingerprint density at radius 3 is 2.20 bits per heavy atom. The molecule has 2 amide bonds. The summed E-state index contributed by atoms with van der Waals surface area (Å²) in [7, 11) is 0. The molecule has 0 unspecified atom stereocenters. The number of benzene rings is 2. The Morgan fingerprint density at radius 1 is 1.00 bits per heavy atom. The van der Waals surface area contributed by atoms with Crippen molar-refractivity contribution in [3.63, 3.8) is 0 Å². The molecule has 2 N–H and O–H groups in total. The van der Waals surface area contributed by atoms with Gasteiger partial charge in [0.25, 0.3) is 0 Å². The van der Waals surface area contributed by atoms with Gasteiger partial charge in [-0.3, -0.25) is 4.90 Å². The predicted molar refractivity (Wildman–Crippen MR) is 107 cm³/mol. The number of rotatable bonds is 3. The zero-order chi connectivity index (χ0) is 16.9. The molecular weight excluding hydrogens is 334 g/mol. The van der Waals surface area contributed by atoms with Gasteiger partial charge in [0.05, 0.1) is 0 Å². The number of hydrogen-bond acceptors (Lipinski definition) is 2. The zero-order valence-corrected chi connectivity index (χ0v) is 15.6. The van der Waals surface area contributed by atoms with Gasteiger partial charge in [-0.15, -0.1) is 12.4 Å². The Balaban J connectivity index is 0.00000225. The largest absolute Gasteiger partial charge is 0.326 e. The number of nitrogens with zero attached hydrogens (tertiary/aromatic N) is 1. The molecule has 1 aliphatic heterocycles. The standard InChI is InChI=1S/C20H25N3O.ClH/c1-15-7-6-8-16(2)19(15)22-20(24)23(17-9-4-3-5-10-17)18-11-13-21-14-12-18;/h3-10,18,21H,11-14H2,1-2H3,(H,22,24);1H. The van der Waals surface area contributed by atoms with Gasteiger partial charge in [-0.25, -0.2) is 4.79 Å². The maximum atomic E-state index is 13.1. The summed E-state index contributed by atoms with van der Waals surface area (Å²) in [5, 5.41) is 6.51. The lowest BCUT2D eigenvalue weighted by Crippen LogP contribution is -2.48. The number of anilines is 2. The molecule has 25 heavy (non-hydrogen) atoms.